The van der Waals surface area contributed by atoms with E-state index in [0.29, 0.717) is 6.04 Å². The van der Waals surface area contributed by atoms with Crippen molar-refractivity contribution in [1.82, 2.24) is 0 Å². The summed E-state index contributed by atoms with van der Waals surface area (Å²) in [7, 11) is 0. The van der Waals surface area contributed by atoms with Crippen LogP contribution in [0.5, 0.6) is 0 Å². The molecule has 0 saturated heterocycles. The van der Waals surface area contributed by atoms with Gasteiger partial charge in [0.25, 0.3) is 0 Å². The minimum absolute atomic E-state index is 0. The van der Waals surface area contributed by atoms with Crippen LogP contribution in [0.4, 0.5) is 0 Å². The van der Waals surface area contributed by atoms with E-state index in [1.54, 1.807) is 0 Å². The second-order valence-corrected chi connectivity index (χ2v) is 6.04. The first-order valence-corrected chi connectivity index (χ1v) is 8.59. The highest BCUT2D eigenvalue weighted by Crippen LogP contribution is 2.12. The van der Waals surface area contributed by atoms with Gasteiger partial charge in [-0.2, -0.15) is 0 Å². The Morgan fingerprint density at radius 3 is 1.90 bits per heavy atom. The molecule has 0 aliphatic carbocycles. The number of benzene rings is 1. The molecule has 0 radical (unpaired) electrons. The molecule has 0 heterocycles. The van der Waals surface area contributed by atoms with Crippen LogP contribution in [0.3, 0.4) is 0 Å². The monoisotopic (exact) mass is 291 g/mol. The normalized spacial score (nSPS) is 12.0. The van der Waals surface area contributed by atoms with Gasteiger partial charge in [0, 0.05) is 6.04 Å². The van der Waals surface area contributed by atoms with Crippen LogP contribution in [0, 0.1) is 0 Å². The molecule has 0 bridgehead atoms. The molecule has 0 aromatic heterocycles. The molecule has 21 heavy (non-hydrogen) atoms. The molecule has 1 nitrogen and oxygen atoms in total. The molecule has 0 aliphatic heterocycles. The molecular formula is C20H37N. The van der Waals surface area contributed by atoms with Crippen LogP contribution >= 0.6 is 0 Å². The first-order chi connectivity index (χ1) is 9.76. The van der Waals surface area contributed by atoms with Crippen molar-refractivity contribution in [3.05, 3.63) is 35.4 Å². The van der Waals surface area contributed by atoms with Crippen LogP contribution in [0.25, 0.3) is 0 Å². The van der Waals surface area contributed by atoms with Crippen LogP contribution in [-0.4, -0.2) is 6.04 Å². The fraction of sp³-hybridized carbons (Fsp3) is 0.700. The van der Waals surface area contributed by atoms with Crippen molar-refractivity contribution in [2.45, 2.75) is 91.5 Å². The van der Waals surface area contributed by atoms with Crippen molar-refractivity contribution < 1.29 is 0 Å². The highest BCUT2D eigenvalue weighted by molar-refractivity contribution is 5.22. The fourth-order valence-corrected chi connectivity index (χ4v) is 2.54. The zero-order valence-electron chi connectivity index (χ0n) is 13.5. The standard InChI is InChI=1S/C19H33N.CH4/c1-3-5-6-7-8-9-10-17-11-13-18(14-12-17)15-16-19(20)4-2;/h11-14,19H,3-10,15-16,20H2,1-2H3;1H4. The van der Waals surface area contributed by atoms with Crippen LogP contribution < -0.4 is 5.73 Å². The lowest BCUT2D eigenvalue weighted by Gasteiger charge is -2.09. The molecule has 0 aliphatic rings. The Hall–Kier alpha value is -0.820. The van der Waals surface area contributed by atoms with E-state index in [1.165, 1.54) is 56.1 Å². The lowest BCUT2D eigenvalue weighted by Crippen LogP contribution is -2.19. The van der Waals surface area contributed by atoms with Gasteiger partial charge in [-0.25, -0.2) is 0 Å². The molecule has 0 amide bonds. The highest BCUT2D eigenvalue weighted by atomic mass is 14.6. The summed E-state index contributed by atoms with van der Waals surface area (Å²) in [5, 5.41) is 0. The number of nitrogens with two attached hydrogens (primary N) is 1. The number of rotatable bonds is 11. The molecule has 2 N–H and O–H groups in total. The first-order valence-electron chi connectivity index (χ1n) is 8.59. The number of aryl methyl sites for hydroxylation is 2. The summed E-state index contributed by atoms with van der Waals surface area (Å²) in [6.45, 7) is 4.43. The van der Waals surface area contributed by atoms with E-state index < -0.39 is 0 Å². The fourth-order valence-electron chi connectivity index (χ4n) is 2.54. The van der Waals surface area contributed by atoms with Crippen molar-refractivity contribution in [2.75, 3.05) is 0 Å². The molecule has 1 heteroatoms. The predicted octanol–water partition coefficient (Wildman–Crippen LogP) is 5.90. The minimum atomic E-state index is 0. The molecule has 0 fully saturated rings. The highest BCUT2D eigenvalue weighted by Gasteiger charge is 2.00. The SMILES string of the molecule is C.CCCCCCCCc1ccc(CCC(N)CC)cc1. The van der Waals surface area contributed by atoms with E-state index in [2.05, 4.69) is 38.1 Å². The van der Waals surface area contributed by atoms with Gasteiger partial charge in [0.2, 0.25) is 0 Å². The summed E-state index contributed by atoms with van der Waals surface area (Å²) in [6.07, 6.45) is 12.8. The lowest BCUT2D eigenvalue weighted by atomic mass is 10.0. The van der Waals surface area contributed by atoms with Gasteiger partial charge in [0.05, 0.1) is 0 Å². The van der Waals surface area contributed by atoms with Crippen molar-refractivity contribution in [1.29, 1.82) is 0 Å². The van der Waals surface area contributed by atoms with Crippen molar-refractivity contribution in [3.63, 3.8) is 0 Å². The Morgan fingerprint density at radius 2 is 1.33 bits per heavy atom. The summed E-state index contributed by atoms with van der Waals surface area (Å²) < 4.78 is 0. The van der Waals surface area contributed by atoms with Gasteiger partial charge in [-0.1, -0.05) is 77.6 Å². The van der Waals surface area contributed by atoms with Gasteiger partial charge >= 0.3 is 0 Å². The number of hydrogen-bond acceptors (Lipinski definition) is 1. The second kappa shape index (κ2) is 12.9. The quantitative estimate of drug-likeness (QED) is 0.505. The molecular weight excluding hydrogens is 254 g/mol. The smallest absolute Gasteiger partial charge is 0.00393 e. The molecule has 1 atom stereocenters. The van der Waals surface area contributed by atoms with E-state index in [4.69, 9.17) is 5.73 Å². The van der Waals surface area contributed by atoms with Crippen molar-refractivity contribution in [3.8, 4) is 0 Å². The summed E-state index contributed by atoms with van der Waals surface area (Å²) in [4.78, 5) is 0. The lowest BCUT2D eigenvalue weighted by molar-refractivity contribution is 0.595. The van der Waals surface area contributed by atoms with Crippen LogP contribution in [0.1, 0.15) is 83.8 Å². The molecule has 1 aromatic carbocycles. The first kappa shape index (κ1) is 20.2. The Kier molecular flexibility index (Phi) is 12.4. The molecule has 0 saturated carbocycles. The molecule has 122 valence electrons. The predicted molar refractivity (Wildman–Crippen MR) is 96.8 cm³/mol. The van der Waals surface area contributed by atoms with Gasteiger partial charge in [0.15, 0.2) is 0 Å². The molecule has 1 aromatic rings. The summed E-state index contributed by atoms with van der Waals surface area (Å²) in [6, 6.07) is 9.54. The Balaban J connectivity index is 0.00000400. The number of hydrogen-bond donors (Lipinski definition) is 1. The summed E-state index contributed by atoms with van der Waals surface area (Å²) in [5.41, 5.74) is 8.89. The summed E-state index contributed by atoms with van der Waals surface area (Å²) >= 11 is 0. The van der Waals surface area contributed by atoms with Crippen LogP contribution in [-0.2, 0) is 12.8 Å². The maximum absolute atomic E-state index is 5.97. The third kappa shape index (κ3) is 9.68. The summed E-state index contributed by atoms with van der Waals surface area (Å²) in [5.74, 6) is 0. The molecule has 1 rings (SSSR count). The Labute approximate surface area is 133 Å². The average Bonchev–Trinajstić information content (AvgIpc) is 2.49. The van der Waals surface area contributed by atoms with Crippen molar-refractivity contribution in [2.24, 2.45) is 5.73 Å². The third-order valence-corrected chi connectivity index (χ3v) is 4.17. The van der Waals surface area contributed by atoms with Gasteiger partial charge in [0.1, 0.15) is 0 Å². The topological polar surface area (TPSA) is 26.0 Å². The maximum Gasteiger partial charge on any atom is 0.00393 e. The van der Waals surface area contributed by atoms with Gasteiger partial charge in [-0.3, -0.25) is 0 Å². The Morgan fingerprint density at radius 1 is 0.810 bits per heavy atom. The minimum Gasteiger partial charge on any atom is -0.328 e. The zero-order chi connectivity index (χ0) is 14.6. The third-order valence-electron chi connectivity index (χ3n) is 4.17. The number of unbranched alkanes of at least 4 members (excludes halogenated alkanes) is 5. The van der Waals surface area contributed by atoms with Gasteiger partial charge in [-0.15, -0.1) is 0 Å². The van der Waals surface area contributed by atoms with Crippen molar-refractivity contribution >= 4 is 0 Å². The molecule has 0 spiro atoms. The van der Waals surface area contributed by atoms with E-state index in [-0.39, 0.29) is 7.43 Å². The van der Waals surface area contributed by atoms with E-state index in [0.717, 1.165) is 19.3 Å². The largest absolute Gasteiger partial charge is 0.328 e. The molecule has 1 unspecified atom stereocenters. The zero-order valence-corrected chi connectivity index (χ0v) is 13.5. The van der Waals surface area contributed by atoms with Crippen LogP contribution in [0.2, 0.25) is 0 Å². The van der Waals surface area contributed by atoms with Crippen LogP contribution in [0.15, 0.2) is 24.3 Å². The van der Waals surface area contributed by atoms with E-state index >= 15 is 0 Å². The van der Waals surface area contributed by atoms with Gasteiger partial charge < -0.3 is 5.73 Å². The van der Waals surface area contributed by atoms with E-state index in [9.17, 15) is 0 Å². The second-order valence-electron chi connectivity index (χ2n) is 6.04. The average molecular weight is 292 g/mol. The Bertz CT molecular complexity index is 328. The maximum atomic E-state index is 5.97. The van der Waals surface area contributed by atoms with E-state index in [1.807, 2.05) is 0 Å². The van der Waals surface area contributed by atoms with Gasteiger partial charge in [-0.05, 0) is 43.2 Å².